The van der Waals surface area contributed by atoms with Gasteiger partial charge in [0.05, 0.1) is 18.4 Å². The Balaban J connectivity index is 1.90. The predicted octanol–water partition coefficient (Wildman–Crippen LogP) is 1.99. The molecule has 0 aliphatic rings. The Kier molecular flexibility index (Phi) is 3.27. The predicted molar refractivity (Wildman–Crippen MR) is 63.3 cm³/mol. The normalized spacial score (nSPS) is 10.5. The van der Waals surface area contributed by atoms with Gasteiger partial charge in [-0.1, -0.05) is 0 Å². The van der Waals surface area contributed by atoms with E-state index >= 15 is 0 Å². The Hall–Kier alpha value is -2.04. The molecule has 0 saturated heterocycles. The molecule has 5 heteroatoms. The molecular weight excluding hydrogens is 221 g/mol. The summed E-state index contributed by atoms with van der Waals surface area (Å²) in [4.78, 5) is 0. The Bertz CT molecular complexity index is 510. The second-order valence-electron chi connectivity index (χ2n) is 3.80. The summed E-state index contributed by atoms with van der Waals surface area (Å²) in [6.45, 7) is 2.88. The molecule has 17 heavy (non-hydrogen) atoms. The van der Waals surface area contributed by atoms with Crippen LogP contribution in [0.5, 0.6) is 5.75 Å². The summed E-state index contributed by atoms with van der Waals surface area (Å²) in [6, 6.07) is 4.46. The molecule has 90 valence electrons. The van der Waals surface area contributed by atoms with Crippen molar-refractivity contribution in [2.45, 2.75) is 13.5 Å². The van der Waals surface area contributed by atoms with E-state index in [2.05, 4.69) is 5.10 Å². The van der Waals surface area contributed by atoms with Crippen LogP contribution in [0.3, 0.4) is 0 Å². The van der Waals surface area contributed by atoms with Crippen LogP contribution < -0.4 is 10.5 Å². The number of nitrogens with zero attached hydrogens (tertiary/aromatic N) is 2. The lowest BCUT2D eigenvalue weighted by molar-refractivity contribution is 0.289. The summed E-state index contributed by atoms with van der Waals surface area (Å²) >= 11 is 0. The molecule has 0 spiro atoms. The first-order valence-electron chi connectivity index (χ1n) is 5.32. The van der Waals surface area contributed by atoms with Crippen LogP contribution in [0.4, 0.5) is 10.1 Å². The summed E-state index contributed by atoms with van der Waals surface area (Å²) in [5, 5.41) is 4.04. The van der Waals surface area contributed by atoms with E-state index in [-0.39, 0.29) is 5.82 Å². The molecule has 0 aliphatic heterocycles. The molecule has 2 rings (SSSR count). The smallest absolute Gasteiger partial charge is 0.123 e. The van der Waals surface area contributed by atoms with Gasteiger partial charge in [-0.15, -0.1) is 0 Å². The van der Waals surface area contributed by atoms with Gasteiger partial charge in [0.1, 0.15) is 18.2 Å². The van der Waals surface area contributed by atoms with Crippen molar-refractivity contribution in [3.8, 4) is 5.75 Å². The van der Waals surface area contributed by atoms with E-state index in [1.807, 2.05) is 6.92 Å². The van der Waals surface area contributed by atoms with Gasteiger partial charge in [-0.25, -0.2) is 4.39 Å². The minimum atomic E-state index is -0.255. The third-order valence-corrected chi connectivity index (χ3v) is 2.37. The van der Waals surface area contributed by atoms with Crippen molar-refractivity contribution in [1.82, 2.24) is 9.78 Å². The van der Waals surface area contributed by atoms with Gasteiger partial charge in [0.25, 0.3) is 0 Å². The fourth-order valence-corrected chi connectivity index (χ4v) is 1.53. The molecule has 1 aromatic heterocycles. The highest BCUT2D eigenvalue weighted by atomic mass is 19.1. The first-order valence-corrected chi connectivity index (χ1v) is 5.32. The molecular formula is C12H14FN3O. The number of hydrogen-bond donors (Lipinski definition) is 1. The number of rotatable bonds is 4. The van der Waals surface area contributed by atoms with Gasteiger partial charge in [-0.2, -0.15) is 5.10 Å². The van der Waals surface area contributed by atoms with Gasteiger partial charge in [0.15, 0.2) is 0 Å². The molecule has 0 atom stereocenters. The van der Waals surface area contributed by atoms with E-state index in [0.717, 1.165) is 5.56 Å². The van der Waals surface area contributed by atoms with Gasteiger partial charge in [-0.3, -0.25) is 4.68 Å². The topological polar surface area (TPSA) is 53.1 Å². The average Bonchev–Trinajstić information content (AvgIpc) is 2.68. The Labute approximate surface area is 98.8 Å². The molecule has 0 unspecified atom stereocenters. The fourth-order valence-electron chi connectivity index (χ4n) is 1.53. The lowest BCUT2D eigenvalue weighted by Gasteiger charge is -2.08. The second-order valence-corrected chi connectivity index (χ2v) is 3.80. The van der Waals surface area contributed by atoms with Crippen LogP contribution in [-0.2, 0) is 6.54 Å². The third kappa shape index (κ3) is 2.96. The van der Waals surface area contributed by atoms with E-state index in [1.54, 1.807) is 23.1 Å². The van der Waals surface area contributed by atoms with Gasteiger partial charge in [0, 0.05) is 6.20 Å². The molecule has 0 aliphatic carbocycles. The van der Waals surface area contributed by atoms with E-state index in [0.29, 0.717) is 24.6 Å². The van der Waals surface area contributed by atoms with E-state index < -0.39 is 0 Å². The standard InChI is InChI=1S/C12H14FN3O/c1-9-6-10(13)2-3-12(9)17-5-4-16-8-11(14)7-15-16/h2-3,6-8H,4-5,14H2,1H3. The van der Waals surface area contributed by atoms with Crippen molar-refractivity contribution in [3.63, 3.8) is 0 Å². The lowest BCUT2D eigenvalue weighted by atomic mass is 10.2. The molecule has 0 bridgehead atoms. The number of halogens is 1. The van der Waals surface area contributed by atoms with Crippen LogP contribution in [-0.4, -0.2) is 16.4 Å². The quantitative estimate of drug-likeness (QED) is 0.881. The maximum Gasteiger partial charge on any atom is 0.123 e. The number of benzene rings is 1. The summed E-state index contributed by atoms with van der Waals surface area (Å²) in [5.41, 5.74) is 6.95. The molecule has 1 aromatic carbocycles. The SMILES string of the molecule is Cc1cc(F)ccc1OCCn1cc(N)cn1. The Morgan fingerprint density at radius 3 is 2.94 bits per heavy atom. The van der Waals surface area contributed by atoms with Gasteiger partial charge >= 0.3 is 0 Å². The number of ether oxygens (including phenoxy) is 1. The van der Waals surface area contributed by atoms with Gasteiger partial charge in [0.2, 0.25) is 0 Å². The minimum absolute atomic E-state index is 0.255. The first kappa shape index (κ1) is 11.4. The maximum absolute atomic E-state index is 12.9. The highest BCUT2D eigenvalue weighted by Crippen LogP contribution is 2.18. The van der Waals surface area contributed by atoms with Gasteiger partial charge < -0.3 is 10.5 Å². The largest absolute Gasteiger partial charge is 0.491 e. The van der Waals surface area contributed by atoms with Crippen LogP contribution >= 0.6 is 0 Å². The fraction of sp³-hybridized carbons (Fsp3) is 0.250. The number of nitrogen functional groups attached to an aromatic ring is 1. The first-order chi connectivity index (χ1) is 8.15. The lowest BCUT2D eigenvalue weighted by Crippen LogP contribution is -2.09. The number of anilines is 1. The maximum atomic E-state index is 12.9. The molecule has 0 saturated carbocycles. The van der Waals surface area contributed by atoms with Crippen LogP contribution in [0.15, 0.2) is 30.6 Å². The highest BCUT2D eigenvalue weighted by molar-refractivity contribution is 5.32. The number of nitrogens with two attached hydrogens (primary N) is 1. The van der Waals surface area contributed by atoms with E-state index in [4.69, 9.17) is 10.5 Å². The zero-order chi connectivity index (χ0) is 12.3. The van der Waals surface area contributed by atoms with E-state index in [1.165, 1.54) is 12.1 Å². The minimum Gasteiger partial charge on any atom is -0.491 e. The number of aromatic nitrogens is 2. The Morgan fingerprint density at radius 2 is 2.29 bits per heavy atom. The summed E-state index contributed by atoms with van der Waals surface area (Å²) in [6.07, 6.45) is 3.32. The monoisotopic (exact) mass is 235 g/mol. The summed E-state index contributed by atoms with van der Waals surface area (Å²) < 4.78 is 20.1. The van der Waals surface area contributed by atoms with Crippen molar-refractivity contribution in [1.29, 1.82) is 0 Å². The molecule has 4 nitrogen and oxygen atoms in total. The third-order valence-electron chi connectivity index (χ3n) is 2.37. The van der Waals surface area contributed by atoms with Crippen molar-refractivity contribution >= 4 is 5.69 Å². The number of hydrogen-bond acceptors (Lipinski definition) is 3. The van der Waals surface area contributed by atoms with Crippen molar-refractivity contribution in [3.05, 3.63) is 42.0 Å². The van der Waals surface area contributed by atoms with Crippen LogP contribution in [0.1, 0.15) is 5.56 Å². The molecule has 0 radical (unpaired) electrons. The molecule has 2 aromatic rings. The zero-order valence-corrected chi connectivity index (χ0v) is 9.56. The molecule has 0 amide bonds. The average molecular weight is 235 g/mol. The summed E-state index contributed by atoms with van der Waals surface area (Å²) in [7, 11) is 0. The number of aryl methyl sites for hydroxylation is 1. The van der Waals surface area contributed by atoms with Crippen molar-refractivity contribution in [2.75, 3.05) is 12.3 Å². The van der Waals surface area contributed by atoms with Crippen LogP contribution in [0, 0.1) is 12.7 Å². The van der Waals surface area contributed by atoms with Gasteiger partial charge in [-0.05, 0) is 30.7 Å². The highest BCUT2D eigenvalue weighted by Gasteiger charge is 2.01. The van der Waals surface area contributed by atoms with E-state index in [9.17, 15) is 4.39 Å². The Morgan fingerprint density at radius 1 is 1.47 bits per heavy atom. The zero-order valence-electron chi connectivity index (χ0n) is 9.56. The van der Waals surface area contributed by atoms with Crippen molar-refractivity contribution in [2.24, 2.45) is 0 Å². The van der Waals surface area contributed by atoms with Crippen LogP contribution in [0.2, 0.25) is 0 Å². The molecule has 2 N–H and O–H groups in total. The summed E-state index contributed by atoms with van der Waals surface area (Å²) in [5.74, 6) is 0.432. The second kappa shape index (κ2) is 4.86. The van der Waals surface area contributed by atoms with Crippen LogP contribution in [0.25, 0.3) is 0 Å². The molecule has 1 heterocycles. The van der Waals surface area contributed by atoms with Crippen molar-refractivity contribution < 1.29 is 9.13 Å². The molecule has 0 fully saturated rings.